The standard InChI is InChI=1S/C22H20ClN3O3/c1-4-28-20-12-16(11-19(23)21(20)29-8-7-24)10-17(13-25)22(27)26-18-6-5-14(2)15(3)9-18/h5-6,9-12H,4,8H2,1-3H3,(H,26,27)/b17-10+. The summed E-state index contributed by atoms with van der Waals surface area (Å²) in [6.45, 7) is 5.88. The number of hydrogen-bond acceptors (Lipinski definition) is 5. The first-order valence-corrected chi connectivity index (χ1v) is 9.23. The second-order valence-electron chi connectivity index (χ2n) is 6.13. The highest BCUT2D eigenvalue weighted by Crippen LogP contribution is 2.37. The molecule has 1 amide bonds. The van der Waals surface area contributed by atoms with Crippen molar-refractivity contribution in [3.05, 3.63) is 57.6 Å². The van der Waals surface area contributed by atoms with Crippen molar-refractivity contribution in [2.24, 2.45) is 0 Å². The molecule has 6 nitrogen and oxygen atoms in total. The van der Waals surface area contributed by atoms with Gasteiger partial charge in [-0.1, -0.05) is 17.7 Å². The lowest BCUT2D eigenvalue weighted by Gasteiger charge is -2.13. The van der Waals surface area contributed by atoms with E-state index in [1.54, 1.807) is 19.1 Å². The van der Waals surface area contributed by atoms with Gasteiger partial charge in [-0.15, -0.1) is 0 Å². The van der Waals surface area contributed by atoms with Gasteiger partial charge < -0.3 is 14.8 Å². The molecule has 148 valence electrons. The minimum absolute atomic E-state index is 0.0903. The largest absolute Gasteiger partial charge is 0.490 e. The maximum Gasteiger partial charge on any atom is 0.266 e. The van der Waals surface area contributed by atoms with E-state index in [9.17, 15) is 10.1 Å². The van der Waals surface area contributed by atoms with Gasteiger partial charge in [0.15, 0.2) is 18.1 Å². The third-order valence-electron chi connectivity index (χ3n) is 4.05. The van der Waals surface area contributed by atoms with E-state index in [4.69, 9.17) is 26.3 Å². The van der Waals surface area contributed by atoms with Gasteiger partial charge in [-0.25, -0.2) is 0 Å². The number of amides is 1. The lowest BCUT2D eigenvalue weighted by atomic mass is 10.1. The van der Waals surface area contributed by atoms with E-state index >= 15 is 0 Å². The Morgan fingerprint density at radius 2 is 1.93 bits per heavy atom. The first kappa shape index (κ1) is 21.8. The van der Waals surface area contributed by atoms with Crippen LogP contribution in [0.25, 0.3) is 6.08 Å². The highest BCUT2D eigenvalue weighted by molar-refractivity contribution is 6.32. The summed E-state index contributed by atoms with van der Waals surface area (Å²) in [6, 6.07) is 12.4. The number of carbonyl (C=O) groups is 1. The van der Waals surface area contributed by atoms with Crippen molar-refractivity contribution < 1.29 is 14.3 Å². The number of ether oxygens (including phenoxy) is 2. The molecular formula is C22H20ClN3O3. The average molecular weight is 410 g/mol. The number of nitriles is 2. The average Bonchev–Trinajstić information content (AvgIpc) is 2.68. The number of carbonyl (C=O) groups excluding carboxylic acids is 1. The van der Waals surface area contributed by atoms with Gasteiger partial charge in [0.05, 0.1) is 11.6 Å². The van der Waals surface area contributed by atoms with Gasteiger partial charge in [0.25, 0.3) is 5.91 Å². The fourth-order valence-electron chi connectivity index (χ4n) is 2.51. The van der Waals surface area contributed by atoms with Gasteiger partial charge in [-0.05, 0) is 67.8 Å². The molecule has 0 saturated carbocycles. The Morgan fingerprint density at radius 3 is 2.55 bits per heavy atom. The fraction of sp³-hybridized carbons (Fsp3) is 0.227. The molecule has 2 aromatic carbocycles. The summed E-state index contributed by atoms with van der Waals surface area (Å²) in [4.78, 5) is 12.5. The summed E-state index contributed by atoms with van der Waals surface area (Å²) >= 11 is 6.25. The van der Waals surface area contributed by atoms with Crippen LogP contribution in [0.5, 0.6) is 11.5 Å². The third-order valence-corrected chi connectivity index (χ3v) is 4.33. The second-order valence-corrected chi connectivity index (χ2v) is 6.54. The van der Waals surface area contributed by atoms with Crippen LogP contribution in [0.4, 0.5) is 5.69 Å². The van der Waals surface area contributed by atoms with Crippen LogP contribution in [0.15, 0.2) is 35.9 Å². The molecule has 0 heterocycles. The molecule has 0 aliphatic heterocycles. The molecular weight excluding hydrogens is 390 g/mol. The Balaban J connectivity index is 2.33. The summed E-state index contributed by atoms with van der Waals surface area (Å²) in [5.41, 5.74) is 3.15. The van der Waals surface area contributed by atoms with Crippen molar-refractivity contribution in [1.82, 2.24) is 0 Å². The third kappa shape index (κ3) is 5.75. The molecule has 2 aromatic rings. The van der Waals surface area contributed by atoms with Crippen molar-refractivity contribution >= 4 is 29.3 Å². The van der Waals surface area contributed by atoms with Crippen LogP contribution in [0.3, 0.4) is 0 Å². The lowest BCUT2D eigenvalue weighted by Crippen LogP contribution is -2.13. The molecule has 2 rings (SSSR count). The van der Waals surface area contributed by atoms with Crippen molar-refractivity contribution in [3.63, 3.8) is 0 Å². The molecule has 0 aliphatic rings. The molecule has 29 heavy (non-hydrogen) atoms. The summed E-state index contributed by atoms with van der Waals surface area (Å²) in [6.07, 6.45) is 1.42. The summed E-state index contributed by atoms with van der Waals surface area (Å²) in [7, 11) is 0. The van der Waals surface area contributed by atoms with Crippen LogP contribution in [-0.4, -0.2) is 19.1 Å². The van der Waals surface area contributed by atoms with Gasteiger partial charge >= 0.3 is 0 Å². The molecule has 0 radical (unpaired) electrons. The highest BCUT2D eigenvalue weighted by atomic mass is 35.5. The number of aryl methyl sites for hydroxylation is 2. The Morgan fingerprint density at radius 1 is 1.17 bits per heavy atom. The number of anilines is 1. The van der Waals surface area contributed by atoms with Crippen LogP contribution in [-0.2, 0) is 4.79 Å². The molecule has 0 saturated heterocycles. The molecule has 0 bridgehead atoms. The molecule has 0 unspecified atom stereocenters. The van der Waals surface area contributed by atoms with E-state index in [0.29, 0.717) is 23.6 Å². The quantitative estimate of drug-likeness (QED) is 0.523. The zero-order valence-electron chi connectivity index (χ0n) is 16.4. The van der Waals surface area contributed by atoms with Crippen molar-refractivity contribution in [3.8, 4) is 23.6 Å². The van der Waals surface area contributed by atoms with Gasteiger partial charge in [0.2, 0.25) is 0 Å². The minimum atomic E-state index is -0.533. The van der Waals surface area contributed by atoms with Crippen LogP contribution in [0.2, 0.25) is 5.02 Å². The van der Waals surface area contributed by atoms with Crippen molar-refractivity contribution in [2.75, 3.05) is 18.5 Å². The SMILES string of the molecule is CCOc1cc(/C=C(\C#N)C(=O)Nc2ccc(C)c(C)c2)cc(Cl)c1OCC#N. The Kier molecular flexibility index (Phi) is 7.65. The number of rotatable bonds is 7. The first-order valence-electron chi connectivity index (χ1n) is 8.86. The zero-order chi connectivity index (χ0) is 21.4. The smallest absolute Gasteiger partial charge is 0.266 e. The van der Waals surface area contributed by atoms with Gasteiger partial charge in [-0.2, -0.15) is 10.5 Å². The molecule has 0 fully saturated rings. The van der Waals surface area contributed by atoms with Crippen LogP contribution in [0.1, 0.15) is 23.6 Å². The molecule has 1 N–H and O–H groups in total. The Hall–Kier alpha value is -3.48. The predicted octanol–water partition coefficient (Wildman–Crippen LogP) is 4.80. The van der Waals surface area contributed by atoms with Gasteiger partial charge in [0, 0.05) is 5.69 Å². The van der Waals surface area contributed by atoms with E-state index in [2.05, 4.69) is 5.32 Å². The number of nitrogens with one attached hydrogen (secondary N) is 1. The fourth-order valence-corrected chi connectivity index (χ4v) is 2.79. The summed E-state index contributed by atoms with van der Waals surface area (Å²) < 4.78 is 10.8. The Bertz CT molecular complexity index is 1030. The van der Waals surface area contributed by atoms with E-state index in [1.165, 1.54) is 12.1 Å². The maximum atomic E-state index is 12.5. The predicted molar refractivity (Wildman–Crippen MR) is 112 cm³/mol. The van der Waals surface area contributed by atoms with Gasteiger partial charge in [0.1, 0.15) is 17.7 Å². The van der Waals surface area contributed by atoms with Crippen LogP contribution in [0, 0.1) is 36.5 Å². The summed E-state index contributed by atoms with van der Waals surface area (Å²) in [5, 5.41) is 21.1. The number of nitrogens with zero attached hydrogens (tertiary/aromatic N) is 2. The molecule has 0 atom stereocenters. The monoisotopic (exact) mass is 409 g/mol. The lowest BCUT2D eigenvalue weighted by molar-refractivity contribution is -0.112. The van der Waals surface area contributed by atoms with Crippen LogP contribution >= 0.6 is 11.6 Å². The molecule has 0 spiro atoms. The molecule has 0 aromatic heterocycles. The number of hydrogen-bond donors (Lipinski definition) is 1. The van der Waals surface area contributed by atoms with Crippen LogP contribution < -0.4 is 14.8 Å². The normalized spacial score (nSPS) is 10.6. The number of benzene rings is 2. The maximum absolute atomic E-state index is 12.5. The molecule has 7 heteroatoms. The van der Waals surface area contributed by atoms with E-state index in [0.717, 1.165) is 11.1 Å². The first-order chi connectivity index (χ1) is 13.9. The molecule has 0 aliphatic carbocycles. The van der Waals surface area contributed by atoms with Crippen molar-refractivity contribution in [1.29, 1.82) is 10.5 Å². The zero-order valence-corrected chi connectivity index (χ0v) is 17.1. The second kappa shape index (κ2) is 10.2. The number of halogens is 1. The van der Waals surface area contributed by atoms with E-state index < -0.39 is 5.91 Å². The van der Waals surface area contributed by atoms with Crippen molar-refractivity contribution in [2.45, 2.75) is 20.8 Å². The minimum Gasteiger partial charge on any atom is -0.490 e. The van der Waals surface area contributed by atoms with Gasteiger partial charge in [-0.3, -0.25) is 4.79 Å². The van der Waals surface area contributed by atoms with E-state index in [1.807, 2.05) is 38.1 Å². The van der Waals surface area contributed by atoms with E-state index in [-0.39, 0.29) is 23.0 Å². The topological polar surface area (TPSA) is 95.1 Å². The summed E-state index contributed by atoms with van der Waals surface area (Å²) in [5.74, 6) is 0.0355. The Labute approximate surface area is 174 Å². The highest BCUT2D eigenvalue weighted by Gasteiger charge is 2.15.